The average Bonchev–Trinajstić information content (AvgIpc) is 2.78. The average molecular weight is 491 g/mol. The van der Waals surface area contributed by atoms with Gasteiger partial charge in [0.05, 0.1) is 0 Å². The summed E-state index contributed by atoms with van der Waals surface area (Å²) in [6.45, 7) is 7.56. The van der Waals surface area contributed by atoms with Gasteiger partial charge >= 0.3 is 197 Å². The Kier molecular flexibility index (Phi) is 12.7. The summed E-state index contributed by atoms with van der Waals surface area (Å²) in [4.78, 5) is 0.192. The molecule has 0 aliphatic rings. The summed E-state index contributed by atoms with van der Waals surface area (Å²) < 4.78 is 39.3. The van der Waals surface area contributed by atoms with Crippen LogP contribution < -0.4 is 4.74 Å². The van der Waals surface area contributed by atoms with E-state index in [1.807, 2.05) is 0 Å². The first-order valence-corrected chi connectivity index (χ1v) is 16.8. The van der Waals surface area contributed by atoms with E-state index in [-0.39, 0.29) is 11.5 Å². The molecule has 0 saturated carbocycles. The third kappa shape index (κ3) is 8.93. The second-order valence-electron chi connectivity index (χ2n) is 9.33. The van der Waals surface area contributed by atoms with Crippen LogP contribution in [0.4, 0.5) is 0 Å². The monoisotopic (exact) mass is 490 g/mol. The molecule has 1 aromatic rings. The Morgan fingerprint density at radius 2 is 1.22 bits per heavy atom. The van der Waals surface area contributed by atoms with Crippen LogP contribution in [-0.2, 0) is 14.1 Å². The van der Waals surface area contributed by atoms with Crippen molar-refractivity contribution < 1.29 is 22.2 Å². The van der Waals surface area contributed by atoms with Gasteiger partial charge in [0.15, 0.2) is 0 Å². The van der Waals surface area contributed by atoms with E-state index in [0.717, 1.165) is 76.0 Å². The summed E-state index contributed by atoms with van der Waals surface area (Å²) in [6.07, 6.45) is 11.2. The molecule has 0 spiro atoms. The number of hydrogen-bond acceptors (Lipinski definition) is 5. The third-order valence-electron chi connectivity index (χ3n) is 6.22. The first-order valence-electron chi connectivity index (χ1n) is 12.5. The first kappa shape index (κ1) is 29.4. The fraction of sp³-hybridized carbons (Fsp3) is 0.760. The van der Waals surface area contributed by atoms with Crippen molar-refractivity contribution in [2.24, 2.45) is 0 Å². The molecule has 0 radical (unpaired) electrons. The summed E-state index contributed by atoms with van der Waals surface area (Å²) in [5.41, 5.74) is 0. The van der Waals surface area contributed by atoms with E-state index in [2.05, 4.69) is 27.7 Å². The van der Waals surface area contributed by atoms with Crippen LogP contribution in [0.2, 0.25) is 0 Å². The van der Waals surface area contributed by atoms with Gasteiger partial charge in [0, 0.05) is 0 Å². The Morgan fingerprint density at radius 1 is 0.812 bits per heavy atom. The van der Waals surface area contributed by atoms with E-state index < -0.39 is 23.1 Å². The first-order chi connectivity index (χ1) is 15.2. The second kappa shape index (κ2) is 13.9. The normalized spacial score (nSPS) is 14.6. The van der Waals surface area contributed by atoms with E-state index in [1.54, 1.807) is 31.2 Å². The minimum absolute atomic E-state index is 0.168. The molecule has 5 nitrogen and oxygen atoms in total. The minimum atomic E-state index is -3.89. The number of ether oxygens (including phenoxy) is 1. The van der Waals surface area contributed by atoms with Crippen molar-refractivity contribution in [1.29, 1.82) is 0 Å². The Balaban J connectivity index is 3.36. The van der Waals surface area contributed by atoms with Crippen molar-refractivity contribution in [1.82, 2.24) is 0 Å². The van der Waals surface area contributed by atoms with E-state index in [4.69, 9.17) is 8.71 Å². The Labute approximate surface area is 197 Å². The molecular weight excluding hydrogens is 443 g/mol. The molecule has 188 valence electrons. The van der Waals surface area contributed by atoms with Gasteiger partial charge in [-0.05, 0) is 0 Å². The number of unbranched alkanes of at least 4 members (excludes halogenated alkanes) is 4. The van der Waals surface area contributed by atoms with Gasteiger partial charge in [0.1, 0.15) is 0 Å². The zero-order chi connectivity index (χ0) is 24.1. The number of aliphatic hydroxyl groups is 1. The summed E-state index contributed by atoms with van der Waals surface area (Å²) in [5.74, 6) is 0.538. The number of aliphatic hydroxyl groups excluding tert-OH is 1. The number of hydrogen-bond donors (Lipinski definition) is 1. The van der Waals surface area contributed by atoms with Gasteiger partial charge in [-0.15, -0.1) is 0 Å². The van der Waals surface area contributed by atoms with Crippen molar-refractivity contribution in [3.8, 4) is 5.75 Å². The molecule has 0 aliphatic heterocycles. The van der Waals surface area contributed by atoms with Gasteiger partial charge in [-0.2, -0.15) is 0 Å². The molecule has 1 rings (SSSR count). The molecule has 1 N–H and O–H groups in total. The predicted molar refractivity (Wildman–Crippen MR) is 138 cm³/mol. The van der Waals surface area contributed by atoms with Crippen molar-refractivity contribution in [3.63, 3.8) is 0 Å². The summed E-state index contributed by atoms with van der Waals surface area (Å²) >= 11 is 0. The van der Waals surface area contributed by atoms with Gasteiger partial charge in [0.2, 0.25) is 0 Å². The van der Waals surface area contributed by atoms with E-state index in [0.29, 0.717) is 5.75 Å². The number of rotatable bonds is 18. The zero-order valence-corrected chi connectivity index (χ0v) is 22.7. The van der Waals surface area contributed by atoms with Gasteiger partial charge in [-0.25, -0.2) is 0 Å². The van der Waals surface area contributed by atoms with Crippen LogP contribution in [0.15, 0.2) is 29.2 Å². The van der Waals surface area contributed by atoms with Crippen molar-refractivity contribution in [2.45, 2.75) is 97.0 Å². The van der Waals surface area contributed by atoms with Crippen molar-refractivity contribution >= 4 is 16.9 Å². The molecule has 0 aliphatic carbocycles. The predicted octanol–water partition coefficient (Wildman–Crippen LogP) is 6.82. The van der Waals surface area contributed by atoms with Gasteiger partial charge in [0.25, 0.3) is 0 Å². The molecule has 0 aromatic heterocycles. The maximum atomic E-state index is 13.6. The van der Waals surface area contributed by atoms with Gasteiger partial charge < -0.3 is 0 Å². The molecule has 7 heteroatoms. The molecule has 1 atom stereocenters. The molecule has 0 heterocycles. The quantitative estimate of drug-likeness (QED) is 0.229. The Morgan fingerprint density at radius 3 is 1.56 bits per heavy atom. The van der Waals surface area contributed by atoms with E-state index >= 15 is 0 Å². The van der Waals surface area contributed by atoms with Crippen LogP contribution >= 0.6 is 6.83 Å². The molecule has 1 unspecified atom stereocenters. The maximum absolute atomic E-state index is 13.6. The number of benzene rings is 1. The molecule has 1 aromatic carbocycles. The molecular formula is C25H47O5PS. The standard InChI is InChI=1S/C25H47O5PS/c1-6-10-18-31(19-11-7-2,20-12-8-3,21-13-9-4)30-32(27,28)25-16-14-24(15-17-25)29-22-23(5)26/h14-17,23,26H,6-13,18-22H2,1-5H3. The van der Waals surface area contributed by atoms with E-state index in [1.165, 1.54) is 0 Å². The Bertz CT molecular complexity index is 703. The summed E-state index contributed by atoms with van der Waals surface area (Å²) in [7, 11) is -3.89. The summed E-state index contributed by atoms with van der Waals surface area (Å²) in [5, 5.41) is 9.40. The fourth-order valence-corrected chi connectivity index (χ4v) is 14.3. The molecule has 0 fully saturated rings. The van der Waals surface area contributed by atoms with Crippen LogP contribution in [0.3, 0.4) is 0 Å². The second-order valence-corrected chi connectivity index (χ2v) is 16.8. The summed E-state index contributed by atoms with van der Waals surface area (Å²) in [6, 6.07) is 6.42. The topological polar surface area (TPSA) is 72.8 Å². The fourth-order valence-electron chi connectivity index (χ4n) is 4.29. The molecule has 0 amide bonds. The molecule has 0 saturated heterocycles. The third-order valence-corrected chi connectivity index (χ3v) is 15.3. The van der Waals surface area contributed by atoms with Crippen LogP contribution in [-0.4, -0.2) is 50.9 Å². The van der Waals surface area contributed by atoms with E-state index in [9.17, 15) is 13.5 Å². The molecule has 0 bridgehead atoms. The molecule has 32 heavy (non-hydrogen) atoms. The van der Waals surface area contributed by atoms with Crippen LogP contribution in [0.25, 0.3) is 0 Å². The van der Waals surface area contributed by atoms with Crippen molar-refractivity contribution in [2.75, 3.05) is 31.3 Å². The van der Waals surface area contributed by atoms with Crippen molar-refractivity contribution in [3.05, 3.63) is 24.3 Å². The van der Waals surface area contributed by atoms with Crippen LogP contribution in [0.5, 0.6) is 5.75 Å². The zero-order valence-electron chi connectivity index (χ0n) is 21.0. The van der Waals surface area contributed by atoms with Crippen LogP contribution in [0, 0.1) is 0 Å². The Hall–Kier alpha value is -0.680. The SMILES string of the molecule is CCCCP(CCCC)(CCCC)(CCCC)OS(=O)(=O)c1ccc(OCC(C)O)cc1. The van der Waals surface area contributed by atoms with Gasteiger partial charge in [-0.3, -0.25) is 0 Å². The van der Waals surface area contributed by atoms with Gasteiger partial charge in [-0.1, -0.05) is 0 Å². The van der Waals surface area contributed by atoms with Crippen LogP contribution in [0.1, 0.15) is 86.0 Å².